The maximum absolute atomic E-state index is 12.5. The van der Waals surface area contributed by atoms with Crippen molar-refractivity contribution in [3.05, 3.63) is 69.6 Å². The van der Waals surface area contributed by atoms with E-state index in [1.165, 1.54) is 16.2 Å². The molecule has 1 heterocycles. The Balaban J connectivity index is 1.75. The molecule has 0 aliphatic rings. The van der Waals surface area contributed by atoms with E-state index in [-0.39, 0.29) is 11.8 Å². The van der Waals surface area contributed by atoms with Crippen molar-refractivity contribution in [3.63, 3.8) is 0 Å². The Labute approximate surface area is 166 Å². The van der Waals surface area contributed by atoms with Crippen molar-refractivity contribution in [1.29, 1.82) is 0 Å². The van der Waals surface area contributed by atoms with Gasteiger partial charge in [-0.15, -0.1) is 11.3 Å². The first-order chi connectivity index (χ1) is 12.8. The van der Waals surface area contributed by atoms with Crippen LogP contribution in [0.15, 0.2) is 48.5 Å². The highest BCUT2D eigenvalue weighted by molar-refractivity contribution is 7.16. The average Bonchev–Trinajstić information content (AvgIpc) is 3.01. The summed E-state index contributed by atoms with van der Waals surface area (Å²) in [5.41, 5.74) is 2.76. The number of aromatic nitrogens is 1. The number of hydrogen-bond donors (Lipinski definition) is 1. The summed E-state index contributed by atoms with van der Waals surface area (Å²) in [6.07, 6.45) is 0. The fraction of sp³-hybridized carbons (Fsp3) is 0.150. The predicted molar refractivity (Wildman–Crippen MR) is 110 cm³/mol. The molecule has 27 heavy (non-hydrogen) atoms. The third-order valence-electron chi connectivity index (χ3n) is 3.93. The second kappa shape index (κ2) is 7.90. The fourth-order valence-electron chi connectivity index (χ4n) is 2.52. The monoisotopic (exact) mass is 399 g/mol. The summed E-state index contributed by atoms with van der Waals surface area (Å²) >= 11 is 7.34. The number of carbonyl (C=O) groups excluding carboxylic acids is 2. The van der Waals surface area contributed by atoms with Gasteiger partial charge in [0.25, 0.3) is 11.8 Å². The minimum absolute atomic E-state index is 0.106. The molecule has 0 fully saturated rings. The van der Waals surface area contributed by atoms with E-state index in [9.17, 15) is 9.59 Å². The fourth-order valence-corrected chi connectivity index (χ4v) is 3.47. The molecule has 1 aromatic heterocycles. The normalized spacial score (nSPS) is 10.5. The van der Waals surface area contributed by atoms with Crippen LogP contribution in [0.1, 0.15) is 25.6 Å². The molecule has 2 amide bonds. The van der Waals surface area contributed by atoms with Crippen LogP contribution in [0.3, 0.4) is 0 Å². The second-order valence-corrected chi connectivity index (χ2v) is 7.80. The summed E-state index contributed by atoms with van der Waals surface area (Å²) in [5.74, 6) is -0.375. The lowest BCUT2D eigenvalue weighted by molar-refractivity contribution is 0.0827. The number of amides is 2. The van der Waals surface area contributed by atoms with Crippen LogP contribution in [0, 0.1) is 6.92 Å². The lowest BCUT2D eigenvalue weighted by Crippen LogP contribution is -2.21. The Bertz CT molecular complexity index is 979. The topological polar surface area (TPSA) is 62.3 Å². The van der Waals surface area contributed by atoms with Crippen LogP contribution in [-0.4, -0.2) is 35.8 Å². The van der Waals surface area contributed by atoms with E-state index in [2.05, 4.69) is 10.3 Å². The van der Waals surface area contributed by atoms with E-state index in [4.69, 9.17) is 11.6 Å². The SMILES string of the molecule is Cc1sc(NC(=O)c2ccc(C(=O)N(C)C)cc2)nc1-c1ccc(Cl)cc1. The molecule has 0 unspecified atom stereocenters. The van der Waals surface area contributed by atoms with Crippen LogP contribution in [0.2, 0.25) is 5.02 Å². The van der Waals surface area contributed by atoms with Gasteiger partial charge in [-0.1, -0.05) is 23.7 Å². The van der Waals surface area contributed by atoms with Crippen molar-refractivity contribution in [1.82, 2.24) is 9.88 Å². The number of rotatable bonds is 4. The number of carbonyl (C=O) groups is 2. The summed E-state index contributed by atoms with van der Waals surface area (Å²) in [7, 11) is 3.37. The summed E-state index contributed by atoms with van der Waals surface area (Å²) in [6, 6.07) is 14.0. The molecule has 0 saturated carbocycles. The van der Waals surface area contributed by atoms with Crippen LogP contribution >= 0.6 is 22.9 Å². The standard InChI is InChI=1S/C20H18ClN3O2S/c1-12-17(13-8-10-16(21)11-9-13)22-20(27-12)23-18(25)14-4-6-15(7-5-14)19(26)24(2)3/h4-11H,1-3H3,(H,22,23,25). The van der Waals surface area contributed by atoms with Gasteiger partial charge in [-0.25, -0.2) is 4.98 Å². The average molecular weight is 400 g/mol. The summed E-state index contributed by atoms with van der Waals surface area (Å²) < 4.78 is 0. The second-order valence-electron chi connectivity index (χ2n) is 6.16. The number of nitrogens with zero attached hydrogens (tertiary/aromatic N) is 2. The molecule has 3 rings (SSSR count). The van der Waals surface area contributed by atoms with E-state index in [0.29, 0.717) is 21.3 Å². The molecule has 0 aliphatic heterocycles. The minimum atomic E-state index is -0.268. The number of aryl methyl sites for hydroxylation is 1. The predicted octanol–water partition coefficient (Wildman–Crippen LogP) is 4.73. The van der Waals surface area contributed by atoms with Gasteiger partial charge in [-0.2, -0.15) is 0 Å². The molecule has 7 heteroatoms. The van der Waals surface area contributed by atoms with Gasteiger partial charge in [0.05, 0.1) is 5.69 Å². The van der Waals surface area contributed by atoms with Gasteiger partial charge < -0.3 is 4.90 Å². The maximum Gasteiger partial charge on any atom is 0.257 e. The Morgan fingerprint density at radius 3 is 2.19 bits per heavy atom. The Kier molecular flexibility index (Phi) is 5.58. The third-order valence-corrected chi connectivity index (χ3v) is 5.07. The van der Waals surface area contributed by atoms with E-state index in [1.54, 1.807) is 38.4 Å². The zero-order valence-electron chi connectivity index (χ0n) is 15.1. The maximum atomic E-state index is 12.5. The van der Waals surface area contributed by atoms with Crippen molar-refractivity contribution in [3.8, 4) is 11.3 Å². The van der Waals surface area contributed by atoms with Crippen molar-refractivity contribution in [2.24, 2.45) is 0 Å². The van der Waals surface area contributed by atoms with Crippen molar-refractivity contribution < 1.29 is 9.59 Å². The first-order valence-corrected chi connectivity index (χ1v) is 9.41. The molecule has 0 spiro atoms. The number of hydrogen-bond acceptors (Lipinski definition) is 4. The first-order valence-electron chi connectivity index (χ1n) is 8.21. The van der Waals surface area contributed by atoms with Gasteiger partial charge >= 0.3 is 0 Å². The quantitative estimate of drug-likeness (QED) is 0.690. The van der Waals surface area contributed by atoms with E-state index in [0.717, 1.165) is 16.1 Å². The van der Waals surface area contributed by atoms with E-state index in [1.807, 2.05) is 31.2 Å². The molecule has 5 nitrogen and oxygen atoms in total. The van der Waals surface area contributed by atoms with Gasteiger partial charge in [0.2, 0.25) is 0 Å². The summed E-state index contributed by atoms with van der Waals surface area (Å²) in [5, 5.41) is 4.01. The van der Waals surface area contributed by atoms with Crippen LogP contribution in [-0.2, 0) is 0 Å². The van der Waals surface area contributed by atoms with Crippen molar-refractivity contribution in [2.75, 3.05) is 19.4 Å². The largest absolute Gasteiger partial charge is 0.345 e. The molecule has 3 aromatic rings. The van der Waals surface area contributed by atoms with E-state index < -0.39 is 0 Å². The summed E-state index contributed by atoms with van der Waals surface area (Å²) in [4.78, 5) is 31.4. The lowest BCUT2D eigenvalue weighted by Gasteiger charge is -2.10. The number of nitrogens with one attached hydrogen (secondary N) is 1. The van der Waals surface area contributed by atoms with Crippen LogP contribution in [0.5, 0.6) is 0 Å². The molecule has 0 saturated heterocycles. The van der Waals surface area contributed by atoms with Gasteiger partial charge in [0, 0.05) is 40.7 Å². The zero-order chi connectivity index (χ0) is 19.6. The van der Waals surface area contributed by atoms with Crippen molar-refractivity contribution in [2.45, 2.75) is 6.92 Å². The highest BCUT2D eigenvalue weighted by Crippen LogP contribution is 2.31. The van der Waals surface area contributed by atoms with Gasteiger partial charge in [-0.05, 0) is 43.3 Å². The van der Waals surface area contributed by atoms with Gasteiger partial charge in [0.1, 0.15) is 0 Å². The molecule has 138 valence electrons. The molecule has 0 radical (unpaired) electrons. The molecule has 2 aromatic carbocycles. The number of thiazole rings is 1. The van der Waals surface area contributed by atoms with Gasteiger partial charge in [0.15, 0.2) is 5.13 Å². The highest BCUT2D eigenvalue weighted by atomic mass is 35.5. The Hall–Kier alpha value is -2.70. The van der Waals surface area contributed by atoms with Crippen LogP contribution in [0.4, 0.5) is 5.13 Å². The van der Waals surface area contributed by atoms with Crippen molar-refractivity contribution >= 4 is 39.9 Å². The van der Waals surface area contributed by atoms with Crippen LogP contribution < -0.4 is 5.32 Å². The zero-order valence-corrected chi connectivity index (χ0v) is 16.7. The number of benzene rings is 2. The summed E-state index contributed by atoms with van der Waals surface area (Å²) in [6.45, 7) is 1.96. The molecule has 0 bridgehead atoms. The van der Waals surface area contributed by atoms with Crippen LogP contribution in [0.25, 0.3) is 11.3 Å². The smallest absolute Gasteiger partial charge is 0.257 e. The highest BCUT2D eigenvalue weighted by Gasteiger charge is 2.14. The van der Waals surface area contributed by atoms with Gasteiger partial charge in [-0.3, -0.25) is 14.9 Å². The molecule has 0 atom stereocenters. The number of halogens is 1. The number of anilines is 1. The molecule has 1 N–H and O–H groups in total. The van der Waals surface area contributed by atoms with E-state index >= 15 is 0 Å². The Morgan fingerprint density at radius 1 is 1.00 bits per heavy atom. The Morgan fingerprint density at radius 2 is 1.59 bits per heavy atom. The first kappa shape index (κ1) is 19.1. The third kappa shape index (κ3) is 4.35. The lowest BCUT2D eigenvalue weighted by atomic mass is 10.1. The minimum Gasteiger partial charge on any atom is -0.345 e. The molecular formula is C20H18ClN3O2S. The molecule has 0 aliphatic carbocycles. The molecular weight excluding hydrogens is 382 g/mol.